The van der Waals surface area contributed by atoms with Gasteiger partial charge in [-0.2, -0.15) is 0 Å². The molecule has 0 N–H and O–H groups in total. The van der Waals surface area contributed by atoms with Crippen molar-refractivity contribution in [3.05, 3.63) is 0 Å². The molecule has 0 aromatic rings. The van der Waals surface area contributed by atoms with Crippen molar-refractivity contribution in [1.82, 2.24) is 0 Å². The number of hydrogen-bond donors (Lipinski definition) is 0. The lowest BCUT2D eigenvalue weighted by molar-refractivity contribution is 0.395. The van der Waals surface area contributed by atoms with Crippen molar-refractivity contribution in [3.8, 4) is 0 Å². The lowest BCUT2D eigenvalue weighted by Crippen LogP contribution is -2.00. The van der Waals surface area contributed by atoms with E-state index in [0.717, 1.165) is 11.8 Å². The van der Waals surface area contributed by atoms with Gasteiger partial charge < -0.3 is 0 Å². The topological polar surface area (TPSA) is 0 Å². The Morgan fingerprint density at radius 1 is 1.27 bits per heavy atom. The molecule has 0 saturated heterocycles. The lowest BCUT2D eigenvalue weighted by atomic mass is 9.94. The Morgan fingerprint density at radius 2 is 2.09 bits per heavy atom. The summed E-state index contributed by atoms with van der Waals surface area (Å²) in [6.45, 7) is 4.69. The largest absolute Gasteiger partial charge is 0.0628 e. The zero-order valence-corrected chi connectivity index (χ0v) is 7.84. The summed E-state index contributed by atoms with van der Waals surface area (Å²) in [5.41, 5.74) is 0. The molecule has 0 amide bonds. The maximum atomic E-state index is 2.35. The molecule has 11 heavy (non-hydrogen) atoms. The summed E-state index contributed by atoms with van der Waals surface area (Å²) < 4.78 is 0. The molecular formula is C11H20. The Morgan fingerprint density at radius 3 is 2.55 bits per heavy atom. The van der Waals surface area contributed by atoms with Crippen LogP contribution in [0.2, 0.25) is 0 Å². The van der Waals surface area contributed by atoms with E-state index in [1.54, 1.807) is 19.3 Å². The second-order valence-electron chi connectivity index (χ2n) is 4.97. The molecule has 0 aromatic carbocycles. The van der Waals surface area contributed by atoms with Crippen LogP contribution in [0.25, 0.3) is 0 Å². The average Bonchev–Trinajstić information content (AvgIpc) is 2.62. The number of rotatable bonds is 3. The fraction of sp³-hybridized carbons (Fsp3) is 1.00. The minimum atomic E-state index is 0.924. The van der Waals surface area contributed by atoms with Gasteiger partial charge in [0.2, 0.25) is 0 Å². The van der Waals surface area contributed by atoms with E-state index in [4.69, 9.17) is 0 Å². The number of fused-ring (bicyclic) bond motifs is 1. The Hall–Kier alpha value is 0. The third-order valence-electron chi connectivity index (χ3n) is 3.61. The van der Waals surface area contributed by atoms with E-state index in [1.165, 1.54) is 24.7 Å². The second kappa shape index (κ2) is 2.80. The van der Waals surface area contributed by atoms with Gasteiger partial charge in [-0.1, -0.05) is 20.3 Å². The summed E-state index contributed by atoms with van der Waals surface area (Å²) >= 11 is 0. The van der Waals surface area contributed by atoms with Gasteiger partial charge in [-0.05, 0) is 49.4 Å². The van der Waals surface area contributed by atoms with Gasteiger partial charge in [0.25, 0.3) is 0 Å². The fourth-order valence-electron chi connectivity index (χ4n) is 2.73. The third kappa shape index (κ3) is 1.60. The van der Waals surface area contributed by atoms with Gasteiger partial charge in [-0.3, -0.25) is 0 Å². The maximum Gasteiger partial charge on any atom is -0.0355 e. The first-order valence-electron chi connectivity index (χ1n) is 5.27. The van der Waals surface area contributed by atoms with Crippen LogP contribution in [0.1, 0.15) is 46.0 Å². The Labute approximate surface area is 70.4 Å². The van der Waals surface area contributed by atoms with Gasteiger partial charge >= 0.3 is 0 Å². The zero-order chi connectivity index (χ0) is 7.84. The van der Waals surface area contributed by atoms with Crippen LogP contribution in [0, 0.1) is 23.7 Å². The highest BCUT2D eigenvalue weighted by molar-refractivity contribution is 4.97. The van der Waals surface area contributed by atoms with E-state index in [1.807, 2.05) is 0 Å². The second-order valence-corrected chi connectivity index (χ2v) is 4.97. The highest BCUT2D eigenvalue weighted by Crippen LogP contribution is 2.56. The Kier molecular flexibility index (Phi) is 1.95. The first-order chi connectivity index (χ1) is 5.27. The Balaban J connectivity index is 1.70. The fourth-order valence-corrected chi connectivity index (χ4v) is 2.73. The van der Waals surface area contributed by atoms with Crippen LogP contribution >= 0.6 is 0 Å². The summed E-state index contributed by atoms with van der Waals surface area (Å²) in [5.74, 6) is 4.44. The summed E-state index contributed by atoms with van der Waals surface area (Å²) in [4.78, 5) is 0. The van der Waals surface area contributed by atoms with E-state index in [0.29, 0.717) is 0 Å². The standard InChI is InChI=1S/C11H20/c1-8(2)3-4-9-5-6-10-7-11(9)10/h8-11H,3-7H2,1-2H3. The van der Waals surface area contributed by atoms with Crippen molar-refractivity contribution in [3.63, 3.8) is 0 Å². The van der Waals surface area contributed by atoms with Gasteiger partial charge in [0, 0.05) is 0 Å². The van der Waals surface area contributed by atoms with E-state index >= 15 is 0 Å². The van der Waals surface area contributed by atoms with Crippen molar-refractivity contribution < 1.29 is 0 Å². The molecule has 0 spiro atoms. The van der Waals surface area contributed by atoms with Crippen molar-refractivity contribution >= 4 is 0 Å². The minimum Gasteiger partial charge on any atom is -0.0628 e. The number of hydrogen-bond acceptors (Lipinski definition) is 0. The quantitative estimate of drug-likeness (QED) is 0.581. The zero-order valence-electron chi connectivity index (χ0n) is 7.84. The van der Waals surface area contributed by atoms with Crippen molar-refractivity contribution in [2.75, 3.05) is 0 Å². The van der Waals surface area contributed by atoms with Crippen LogP contribution in [-0.2, 0) is 0 Å². The summed E-state index contributed by atoms with van der Waals surface area (Å²) in [6, 6.07) is 0. The Bertz CT molecular complexity index is 137. The molecule has 2 rings (SSSR count). The molecule has 3 atom stereocenters. The molecule has 0 bridgehead atoms. The van der Waals surface area contributed by atoms with E-state index in [2.05, 4.69) is 13.8 Å². The highest BCUT2D eigenvalue weighted by Gasteiger charge is 2.47. The molecule has 64 valence electrons. The van der Waals surface area contributed by atoms with Crippen molar-refractivity contribution in [2.45, 2.75) is 46.0 Å². The molecule has 3 unspecified atom stereocenters. The van der Waals surface area contributed by atoms with E-state index in [9.17, 15) is 0 Å². The molecule has 0 radical (unpaired) electrons. The van der Waals surface area contributed by atoms with E-state index in [-0.39, 0.29) is 0 Å². The lowest BCUT2D eigenvalue weighted by Gasteiger charge is -2.12. The van der Waals surface area contributed by atoms with Crippen molar-refractivity contribution in [2.24, 2.45) is 23.7 Å². The van der Waals surface area contributed by atoms with Gasteiger partial charge in [-0.15, -0.1) is 0 Å². The van der Waals surface area contributed by atoms with Crippen molar-refractivity contribution in [1.29, 1.82) is 0 Å². The van der Waals surface area contributed by atoms with Crippen LogP contribution in [0.3, 0.4) is 0 Å². The smallest absolute Gasteiger partial charge is 0.0355 e. The minimum absolute atomic E-state index is 0.924. The molecule has 0 nitrogen and oxygen atoms in total. The van der Waals surface area contributed by atoms with Crippen LogP contribution in [0.15, 0.2) is 0 Å². The monoisotopic (exact) mass is 152 g/mol. The molecule has 0 aliphatic heterocycles. The summed E-state index contributed by atoms with van der Waals surface area (Å²) in [5, 5.41) is 0. The first-order valence-corrected chi connectivity index (χ1v) is 5.27. The van der Waals surface area contributed by atoms with Gasteiger partial charge in [0.05, 0.1) is 0 Å². The van der Waals surface area contributed by atoms with E-state index < -0.39 is 0 Å². The van der Waals surface area contributed by atoms with Crippen LogP contribution in [0.5, 0.6) is 0 Å². The first kappa shape index (κ1) is 7.64. The molecule has 2 saturated carbocycles. The van der Waals surface area contributed by atoms with Crippen LogP contribution in [-0.4, -0.2) is 0 Å². The third-order valence-corrected chi connectivity index (χ3v) is 3.61. The maximum absolute atomic E-state index is 2.35. The SMILES string of the molecule is CC(C)CCC1CCC2CC12. The molecule has 0 aromatic heterocycles. The van der Waals surface area contributed by atoms with Crippen LogP contribution in [0.4, 0.5) is 0 Å². The molecule has 2 aliphatic carbocycles. The summed E-state index contributed by atoms with van der Waals surface area (Å²) in [6.07, 6.45) is 7.70. The predicted octanol–water partition coefficient (Wildman–Crippen LogP) is 3.47. The summed E-state index contributed by atoms with van der Waals surface area (Å²) in [7, 11) is 0. The molecule has 2 fully saturated rings. The molecule has 0 heterocycles. The van der Waals surface area contributed by atoms with Gasteiger partial charge in [0.1, 0.15) is 0 Å². The molecule has 2 aliphatic rings. The molecule has 0 heteroatoms. The normalized spacial score (nSPS) is 41.2. The van der Waals surface area contributed by atoms with Gasteiger partial charge in [-0.25, -0.2) is 0 Å². The predicted molar refractivity (Wildman–Crippen MR) is 48.4 cm³/mol. The average molecular weight is 152 g/mol. The van der Waals surface area contributed by atoms with Crippen LogP contribution < -0.4 is 0 Å². The van der Waals surface area contributed by atoms with Gasteiger partial charge in [0.15, 0.2) is 0 Å². The highest BCUT2D eigenvalue weighted by atomic mass is 14.5. The molecular weight excluding hydrogens is 132 g/mol.